The van der Waals surface area contributed by atoms with Gasteiger partial charge in [0.05, 0.1) is 10.9 Å². The summed E-state index contributed by atoms with van der Waals surface area (Å²) in [6.07, 6.45) is 2.26. The lowest BCUT2D eigenvalue weighted by atomic mass is 9.90. The number of benzene rings is 2. The predicted molar refractivity (Wildman–Crippen MR) is 79.5 cm³/mol. The van der Waals surface area contributed by atoms with Crippen LogP contribution in [0.15, 0.2) is 53.4 Å². The van der Waals surface area contributed by atoms with Crippen LogP contribution in [0.4, 0.5) is 0 Å². The molecule has 20 heavy (non-hydrogen) atoms. The van der Waals surface area contributed by atoms with Crippen molar-refractivity contribution >= 4 is 9.84 Å². The smallest absolute Gasteiger partial charge is 0.175 e. The number of hydrogen-bond donors (Lipinski definition) is 1. The molecule has 3 nitrogen and oxygen atoms in total. The van der Waals surface area contributed by atoms with Gasteiger partial charge in [-0.25, -0.2) is 8.42 Å². The molecule has 0 aliphatic carbocycles. The lowest BCUT2D eigenvalue weighted by Gasteiger charge is -2.27. The summed E-state index contributed by atoms with van der Waals surface area (Å²) in [5.74, 6) is 0. The predicted octanol–water partition coefficient (Wildman–Crippen LogP) is 2.33. The Labute approximate surface area is 119 Å². The third-order valence-electron chi connectivity index (χ3n) is 3.73. The number of fused-ring (bicyclic) bond motifs is 1. The third kappa shape index (κ3) is 2.49. The number of sulfone groups is 1. The topological polar surface area (TPSA) is 46.2 Å². The molecule has 1 N–H and O–H groups in total. The normalized spacial score (nSPS) is 18.6. The molecule has 0 spiro atoms. The fourth-order valence-corrected chi connectivity index (χ4v) is 3.40. The van der Waals surface area contributed by atoms with Gasteiger partial charge in [-0.05, 0) is 35.2 Å². The van der Waals surface area contributed by atoms with Crippen LogP contribution in [-0.4, -0.2) is 21.2 Å². The Morgan fingerprint density at radius 1 is 1.10 bits per heavy atom. The van der Waals surface area contributed by atoms with Crippen molar-refractivity contribution in [3.63, 3.8) is 0 Å². The first-order valence-electron chi connectivity index (χ1n) is 6.67. The molecule has 2 aromatic rings. The van der Waals surface area contributed by atoms with Crippen LogP contribution < -0.4 is 5.32 Å². The Balaban J connectivity index is 2.07. The van der Waals surface area contributed by atoms with Crippen LogP contribution in [-0.2, 0) is 16.3 Å². The second kappa shape index (κ2) is 5.04. The van der Waals surface area contributed by atoms with E-state index in [4.69, 9.17) is 0 Å². The van der Waals surface area contributed by atoms with Crippen molar-refractivity contribution in [2.24, 2.45) is 0 Å². The van der Waals surface area contributed by atoms with Gasteiger partial charge in [-0.15, -0.1) is 0 Å². The van der Waals surface area contributed by atoms with E-state index in [-0.39, 0.29) is 6.04 Å². The maximum absolute atomic E-state index is 11.7. The monoisotopic (exact) mass is 287 g/mol. The van der Waals surface area contributed by atoms with Crippen LogP contribution in [0.25, 0.3) is 0 Å². The van der Waals surface area contributed by atoms with Gasteiger partial charge in [0.15, 0.2) is 9.84 Å². The fraction of sp³-hybridized carbons (Fsp3) is 0.250. The van der Waals surface area contributed by atoms with E-state index in [1.54, 1.807) is 12.1 Å². The minimum atomic E-state index is -3.17. The average Bonchev–Trinajstić information content (AvgIpc) is 2.46. The minimum absolute atomic E-state index is 0.0710. The zero-order chi connectivity index (χ0) is 14.2. The highest BCUT2D eigenvalue weighted by molar-refractivity contribution is 7.90. The van der Waals surface area contributed by atoms with E-state index in [1.807, 2.05) is 24.3 Å². The molecule has 0 aromatic heterocycles. The summed E-state index contributed by atoms with van der Waals surface area (Å²) < 4.78 is 23.4. The minimum Gasteiger partial charge on any atom is -0.306 e. The summed E-state index contributed by atoms with van der Waals surface area (Å²) in [7, 11) is -3.17. The van der Waals surface area contributed by atoms with Crippen molar-refractivity contribution in [3.05, 3.63) is 65.2 Å². The SMILES string of the molecule is CS(=O)(=O)c1cccc(C2NCCc3ccccc32)c1. The summed E-state index contributed by atoms with van der Waals surface area (Å²) in [6, 6.07) is 15.6. The quantitative estimate of drug-likeness (QED) is 0.922. The van der Waals surface area contributed by atoms with E-state index in [0.717, 1.165) is 18.5 Å². The van der Waals surface area contributed by atoms with E-state index in [0.29, 0.717) is 4.90 Å². The molecule has 0 saturated heterocycles. The Bertz CT molecular complexity index is 738. The van der Waals surface area contributed by atoms with Crippen molar-refractivity contribution in [1.82, 2.24) is 5.32 Å². The molecule has 1 aliphatic rings. The Morgan fingerprint density at radius 3 is 2.70 bits per heavy atom. The van der Waals surface area contributed by atoms with Gasteiger partial charge in [-0.2, -0.15) is 0 Å². The molecule has 1 atom stereocenters. The highest BCUT2D eigenvalue weighted by Crippen LogP contribution is 2.29. The van der Waals surface area contributed by atoms with Crippen LogP contribution >= 0.6 is 0 Å². The molecule has 0 amide bonds. The molecule has 1 unspecified atom stereocenters. The highest BCUT2D eigenvalue weighted by Gasteiger charge is 2.21. The van der Waals surface area contributed by atoms with Gasteiger partial charge in [0.1, 0.15) is 0 Å². The number of nitrogens with one attached hydrogen (secondary N) is 1. The molecule has 104 valence electrons. The lowest BCUT2D eigenvalue weighted by molar-refractivity contribution is 0.566. The van der Waals surface area contributed by atoms with E-state index in [9.17, 15) is 8.42 Å². The van der Waals surface area contributed by atoms with E-state index < -0.39 is 9.84 Å². The van der Waals surface area contributed by atoms with Crippen LogP contribution in [0.1, 0.15) is 22.7 Å². The summed E-state index contributed by atoms with van der Waals surface area (Å²) >= 11 is 0. The molecule has 3 rings (SSSR count). The third-order valence-corrected chi connectivity index (χ3v) is 4.84. The summed E-state index contributed by atoms with van der Waals surface area (Å²) in [5.41, 5.74) is 3.57. The van der Waals surface area contributed by atoms with E-state index in [1.165, 1.54) is 17.4 Å². The Hall–Kier alpha value is -1.65. The first kappa shape index (κ1) is 13.3. The average molecular weight is 287 g/mol. The first-order valence-corrected chi connectivity index (χ1v) is 8.56. The maximum Gasteiger partial charge on any atom is 0.175 e. The van der Waals surface area contributed by atoms with Gasteiger partial charge in [0, 0.05) is 12.8 Å². The van der Waals surface area contributed by atoms with E-state index in [2.05, 4.69) is 17.4 Å². The van der Waals surface area contributed by atoms with Crippen molar-refractivity contribution in [2.45, 2.75) is 17.4 Å². The van der Waals surface area contributed by atoms with Crippen LogP contribution in [0.2, 0.25) is 0 Å². The summed E-state index contributed by atoms with van der Waals surface area (Å²) in [4.78, 5) is 0.375. The maximum atomic E-state index is 11.7. The van der Waals surface area contributed by atoms with Crippen LogP contribution in [0.3, 0.4) is 0 Å². The molecule has 0 bridgehead atoms. The molecule has 1 heterocycles. The molecule has 1 aliphatic heterocycles. The van der Waals surface area contributed by atoms with Crippen molar-refractivity contribution in [1.29, 1.82) is 0 Å². The van der Waals surface area contributed by atoms with Crippen molar-refractivity contribution in [3.8, 4) is 0 Å². The van der Waals surface area contributed by atoms with Crippen LogP contribution in [0.5, 0.6) is 0 Å². The van der Waals surface area contributed by atoms with Gasteiger partial charge in [-0.3, -0.25) is 0 Å². The molecule has 0 fully saturated rings. The Morgan fingerprint density at radius 2 is 1.90 bits per heavy atom. The molecular weight excluding hydrogens is 270 g/mol. The first-order chi connectivity index (χ1) is 9.55. The Kier molecular flexibility index (Phi) is 3.36. The second-order valence-corrected chi connectivity index (χ2v) is 7.20. The van der Waals surface area contributed by atoms with Gasteiger partial charge < -0.3 is 5.32 Å². The fourth-order valence-electron chi connectivity index (χ4n) is 2.73. The molecule has 0 saturated carbocycles. The van der Waals surface area contributed by atoms with Gasteiger partial charge in [0.25, 0.3) is 0 Å². The summed E-state index contributed by atoms with van der Waals surface area (Å²) in [5, 5.41) is 3.48. The molecule has 2 aromatic carbocycles. The number of hydrogen-bond acceptors (Lipinski definition) is 3. The zero-order valence-corrected chi connectivity index (χ0v) is 12.2. The molecule has 4 heteroatoms. The lowest BCUT2D eigenvalue weighted by Crippen LogP contribution is -2.30. The molecule has 0 radical (unpaired) electrons. The molecular formula is C16H17NO2S. The van der Waals surface area contributed by atoms with Crippen molar-refractivity contribution < 1.29 is 8.42 Å². The largest absolute Gasteiger partial charge is 0.306 e. The van der Waals surface area contributed by atoms with Gasteiger partial charge in [0.2, 0.25) is 0 Å². The standard InChI is InChI=1S/C16H17NO2S/c1-20(18,19)14-7-4-6-13(11-14)16-15-8-3-2-5-12(15)9-10-17-16/h2-8,11,16-17H,9-10H2,1H3. The summed E-state index contributed by atoms with van der Waals surface area (Å²) in [6.45, 7) is 0.908. The zero-order valence-electron chi connectivity index (χ0n) is 11.3. The van der Waals surface area contributed by atoms with Crippen LogP contribution in [0, 0.1) is 0 Å². The van der Waals surface area contributed by atoms with E-state index >= 15 is 0 Å². The van der Waals surface area contributed by atoms with Gasteiger partial charge in [-0.1, -0.05) is 36.4 Å². The second-order valence-electron chi connectivity index (χ2n) is 5.18. The number of rotatable bonds is 2. The van der Waals surface area contributed by atoms with Crippen molar-refractivity contribution in [2.75, 3.05) is 12.8 Å². The van der Waals surface area contributed by atoms with Gasteiger partial charge >= 0.3 is 0 Å². The highest BCUT2D eigenvalue weighted by atomic mass is 32.2.